The number of aryl methyl sites for hydroxylation is 1. The van der Waals surface area contributed by atoms with E-state index < -0.39 is 0 Å². The summed E-state index contributed by atoms with van der Waals surface area (Å²) in [6, 6.07) is 19.4. The molecule has 1 fully saturated rings. The summed E-state index contributed by atoms with van der Waals surface area (Å²) in [6.45, 7) is 6.35. The van der Waals surface area contributed by atoms with Crippen molar-refractivity contribution in [3.05, 3.63) is 77.4 Å². The summed E-state index contributed by atoms with van der Waals surface area (Å²) in [4.78, 5) is 28.2. The Kier molecular flexibility index (Phi) is 6.43. The molecule has 0 atom stereocenters. The highest BCUT2D eigenvalue weighted by atomic mass is 16.5. The molecule has 2 aliphatic rings. The van der Waals surface area contributed by atoms with Crippen molar-refractivity contribution in [2.45, 2.75) is 19.8 Å². The van der Waals surface area contributed by atoms with Gasteiger partial charge in [0.25, 0.3) is 5.91 Å². The van der Waals surface area contributed by atoms with Gasteiger partial charge in [-0.1, -0.05) is 30.3 Å². The molecule has 0 spiro atoms. The van der Waals surface area contributed by atoms with Gasteiger partial charge in [0.05, 0.1) is 35.8 Å². The molecule has 0 aliphatic carbocycles. The first-order valence-electron chi connectivity index (χ1n) is 11.8. The van der Waals surface area contributed by atoms with Crippen LogP contribution in [-0.2, 0) is 4.74 Å². The SMILES string of the molecule is Cc1ccc2c(c1)NC(=O)c1cc(-c3cccc(C(=O)CCCN4CCOCC4)c3)ccc1N2. The van der Waals surface area contributed by atoms with Gasteiger partial charge in [-0.3, -0.25) is 14.5 Å². The van der Waals surface area contributed by atoms with Crippen molar-refractivity contribution in [2.24, 2.45) is 0 Å². The Hall–Kier alpha value is -3.48. The molecule has 0 unspecified atom stereocenters. The van der Waals surface area contributed by atoms with E-state index in [1.807, 2.05) is 67.6 Å². The van der Waals surface area contributed by atoms with E-state index in [9.17, 15) is 9.59 Å². The Morgan fingerprint density at radius 2 is 1.71 bits per heavy atom. The second-order valence-electron chi connectivity index (χ2n) is 8.95. The van der Waals surface area contributed by atoms with Gasteiger partial charge in [0.1, 0.15) is 0 Å². The summed E-state index contributed by atoms with van der Waals surface area (Å²) in [7, 11) is 0. The van der Waals surface area contributed by atoms with Gasteiger partial charge in [0, 0.05) is 25.1 Å². The number of carbonyl (C=O) groups excluding carboxylic acids is 2. The molecule has 0 aromatic heterocycles. The zero-order valence-corrected chi connectivity index (χ0v) is 19.4. The number of rotatable bonds is 6. The van der Waals surface area contributed by atoms with E-state index in [1.54, 1.807) is 0 Å². The molecule has 1 amide bonds. The minimum absolute atomic E-state index is 0.148. The third-order valence-electron chi connectivity index (χ3n) is 6.46. The molecule has 1 saturated heterocycles. The molecule has 2 heterocycles. The third-order valence-corrected chi connectivity index (χ3v) is 6.46. The zero-order valence-electron chi connectivity index (χ0n) is 19.4. The fourth-order valence-corrected chi connectivity index (χ4v) is 4.53. The first kappa shape index (κ1) is 22.3. The maximum absolute atomic E-state index is 13.0. The lowest BCUT2D eigenvalue weighted by Gasteiger charge is -2.26. The Balaban J connectivity index is 1.31. The Labute approximate surface area is 199 Å². The molecule has 6 nitrogen and oxygen atoms in total. The average molecular weight is 456 g/mol. The van der Waals surface area contributed by atoms with E-state index in [0.717, 1.165) is 73.0 Å². The molecule has 3 aromatic carbocycles. The topological polar surface area (TPSA) is 70.7 Å². The van der Waals surface area contributed by atoms with Crippen molar-refractivity contribution in [2.75, 3.05) is 43.5 Å². The standard InChI is InChI=1S/C28H29N3O3/c1-19-7-9-25-26(16-19)30-28(33)23-18-21(8-10-24(23)29-25)20-4-2-5-22(17-20)27(32)6-3-11-31-12-14-34-15-13-31/h2,4-5,7-10,16-18,29H,3,6,11-15H2,1H3,(H,30,33). The van der Waals surface area contributed by atoms with Gasteiger partial charge in [-0.05, 0) is 66.9 Å². The van der Waals surface area contributed by atoms with E-state index in [-0.39, 0.29) is 11.7 Å². The van der Waals surface area contributed by atoms with Crippen molar-refractivity contribution in [1.29, 1.82) is 0 Å². The van der Waals surface area contributed by atoms with Gasteiger partial charge in [-0.2, -0.15) is 0 Å². The number of morpholine rings is 1. The molecule has 0 radical (unpaired) electrons. The fourth-order valence-electron chi connectivity index (χ4n) is 4.53. The van der Waals surface area contributed by atoms with Crippen LogP contribution in [0.4, 0.5) is 17.1 Å². The Morgan fingerprint density at radius 1 is 0.912 bits per heavy atom. The third kappa shape index (κ3) is 4.88. The number of fused-ring (bicyclic) bond motifs is 2. The molecule has 6 heteroatoms. The number of hydrogen-bond donors (Lipinski definition) is 2. The zero-order chi connectivity index (χ0) is 23.5. The molecule has 3 aromatic rings. The maximum atomic E-state index is 13.0. The van der Waals surface area contributed by atoms with Crippen LogP contribution in [0.5, 0.6) is 0 Å². The molecule has 2 N–H and O–H groups in total. The van der Waals surface area contributed by atoms with Crippen molar-refractivity contribution in [1.82, 2.24) is 4.90 Å². The monoisotopic (exact) mass is 455 g/mol. The fraction of sp³-hybridized carbons (Fsp3) is 0.286. The van der Waals surface area contributed by atoms with Crippen LogP contribution in [0.15, 0.2) is 60.7 Å². The van der Waals surface area contributed by atoms with Crippen LogP contribution >= 0.6 is 0 Å². The highest BCUT2D eigenvalue weighted by Crippen LogP contribution is 2.35. The smallest absolute Gasteiger partial charge is 0.257 e. The minimum atomic E-state index is -0.149. The highest BCUT2D eigenvalue weighted by Gasteiger charge is 2.20. The predicted octanol–water partition coefficient (Wildman–Crippen LogP) is 5.27. The lowest BCUT2D eigenvalue weighted by Crippen LogP contribution is -2.36. The summed E-state index contributed by atoms with van der Waals surface area (Å²) >= 11 is 0. The van der Waals surface area contributed by atoms with E-state index in [2.05, 4.69) is 15.5 Å². The number of Topliss-reactive ketones (excluding diaryl/α,β-unsaturated/α-hetero) is 1. The molecular formula is C28H29N3O3. The van der Waals surface area contributed by atoms with Crippen LogP contribution in [0.2, 0.25) is 0 Å². The number of benzene rings is 3. The van der Waals surface area contributed by atoms with Crippen LogP contribution < -0.4 is 10.6 Å². The molecule has 34 heavy (non-hydrogen) atoms. The van der Waals surface area contributed by atoms with Crippen molar-refractivity contribution in [3.8, 4) is 11.1 Å². The van der Waals surface area contributed by atoms with Gasteiger partial charge >= 0.3 is 0 Å². The van der Waals surface area contributed by atoms with E-state index >= 15 is 0 Å². The molecular weight excluding hydrogens is 426 g/mol. The Bertz CT molecular complexity index is 1230. The number of carbonyl (C=O) groups is 2. The van der Waals surface area contributed by atoms with Crippen molar-refractivity contribution >= 4 is 28.8 Å². The normalized spacial score (nSPS) is 15.5. The minimum Gasteiger partial charge on any atom is -0.379 e. The van der Waals surface area contributed by atoms with Crippen LogP contribution in [0.1, 0.15) is 39.1 Å². The number of ketones is 1. The number of nitrogens with zero attached hydrogens (tertiary/aromatic N) is 1. The number of ether oxygens (including phenoxy) is 1. The van der Waals surface area contributed by atoms with Crippen molar-refractivity contribution < 1.29 is 14.3 Å². The van der Waals surface area contributed by atoms with Crippen LogP contribution in [-0.4, -0.2) is 49.4 Å². The molecule has 5 rings (SSSR count). The van der Waals surface area contributed by atoms with Gasteiger partial charge in [0.15, 0.2) is 5.78 Å². The highest BCUT2D eigenvalue weighted by molar-refractivity contribution is 6.12. The van der Waals surface area contributed by atoms with Crippen LogP contribution in [0.3, 0.4) is 0 Å². The van der Waals surface area contributed by atoms with Gasteiger partial charge in [-0.15, -0.1) is 0 Å². The lowest BCUT2D eigenvalue weighted by molar-refractivity contribution is 0.0371. The number of amides is 1. The summed E-state index contributed by atoms with van der Waals surface area (Å²) in [5.41, 5.74) is 6.60. The summed E-state index contributed by atoms with van der Waals surface area (Å²) in [5.74, 6) is -0.000794. The Morgan fingerprint density at radius 3 is 2.56 bits per heavy atom. The van der Waals surface area contributed by atoms with Crippen LogP contribution in [0, 0.1) is 6.92 Å². The van der Waals surface area contributed by atoms with Crippen LogP contribution in [0.25, 0.3) is 11.1 Å². The molecule has 0 bridgehead atoms. The molecule has 2 aliphatic heterocycles. The van der Waals surface area contributed by atoms with E-state index in [1.165, 1.54) is 0 Å². The number of nitrogens with one attached hydrogen (secondary N) is 2. The van der Waals surface area contributed by atoms with Gasteiger partial charge < -0.3 is 15.4 Å². The largest absolute Gasteiger partial charge is 0.379 e. The maximum Gasteiger partial charge on any atom is 0.257 e. The van der Waals surface area contributed by atoms with Gasteiger partial charge in [-0.25, -0.2) is 0 Å². The molecule has 174 valence electrons. The second-order valence-corrected chi connectivity index (χ2v) is 8.95. The second kappa shape index (κ2) is 9.79. The summed E-state index contributed by atoms with van der Waals surface area (Å²) in [6.07, 6.45) is 1.36. The summed E-state index contributed by atoms with van der Waals surface area (Å²) < 4.78 is 5.38. The van der Waals surface area contributed by atoms with Crippen molar-refractivity contribution in [3.63, 3.8) is 0 Å². The predicted molar refractivity (Wildman–Crippen MR) is 135 cm³/mol. The van der Waals surface area contributed by atoms with E-state index in [4.69, 9.17) is 4.74 Å². The number of anilines is 3. The average Bonchev–Trinajstić information content (AvgIpc) is 2.99. The van der Waals surface area contributed by atoms with Gasteiger partial charge in [0.2, 0.25) is 0 Å². The first-order valence-corrected chi connectivity index (χ1v) is 11.8. The molecule has 0 saturated carbocycles. The lowest BCUT2D eigenvalue weighted by atomic mass is 9.97. The quantitative estimate of drug-likeness (QED) is 0.496. The van der Waals surface area contributed by atoms with E-state index in [0.29, 0.717) is 17.5 Å². The number of hydrogen-bond acceptors (Lipinski definition) is 5. The first-order chi connectivity index (χ1) is 16.6. The summed E-state index contributed by atoms with van der Waals surface area (Å²) in [5, 5.41) is 6.38.